The molecule has 0 aliphatic heterocycles. The first-order chi connectivity index (χ1) is 30.0. The Labute approximate surface area is 389 Å². The minimum atomic E-state index is -0.515. The fourth-order valence-electron chi connectivity index (χ4n) is 7.40. The van der Waals surface area contributed by atoms with E-state index in [-0.39, 0.29) is 90.1 Å². The van der Waals surface area contributed by atoms with Crippen LogP contribution in [-0.2, 0) is 24.0 Å². The van der Waals surface area contributed by atoms with E-state index in [1.54, 1.807) is 36.4 Å². The van der Waals surface area contributed by atoms with Crippen molar-refractivity contribution >= 4 is 93.0 Å². The molecule has 1 saturated carbocycles. The Morgan fingerprint density at radius 3 is 1.02 bits per heavy atom. The zero-order valence-electron chi connectivity index (χ0n) is 34.1. The molecule has 0 spiro atoms. The fourth-order valence-corrected chi connectivity index (χ4v) is 8.23. The first-order valence-electron chi connectivity index (χ1n) is 20.2. The zero-order chi connectivity index (χ0) is 44.6. The van der Waals surface area contributed by atoms with E-state index < -0.39 is 35.8 Å². The summed E-state index contributed by atoms with van der Waals surface area (Å²) >= 11 is 21.0. The lowest BCUT2D eigenvalue weighted by Crippen LogP contribution is -2.40. The van der Waals surface area contributed by atoms with Crippen LogP contribution in [0, 0.1) is 0 Å². The molecule has 1 fully saturated rings. The number of carbonyl (C=O) groups excluding carboxylic acids is 5. The molecular weight excluding hydrogens is 889 g/mol. The monoisotopic (exact) mass is 938 g/mol. The second-order valence-electron chi connectivity index (χ2n) is 14.3. The van der Waals surface area contributed by atoms with Gasteiger partial charge in [-0.1, -0.05) is 31.2 Å². The second kappa shape index (κ2) is 24.6. The summed E-state index contributed by atoms with van der Waals surface area (Å²) in [7, 11) is 0. The lowest BCUT2D eigenvalue weighted by atomic mass is 9.49. The van der Waals surface area contributed by atoms with Gasteiger partial charge in [0, 0.05) is 47.3 Å². The maximum atomic E-state index is 12.9. The summed E-state index contributed by atoms with van der Waals surface area (Å²) in [6, 6.07) is 25.0. The van der Waals surface area contributed by atoms with Crippen LogP contribution in [0.5, 0.6) is 34.5 Å². The highest BCUT2D eigenvalue weighted by molar-refractivity contribution is 7.80. The number of esters is 5. The van der Waals surface area contributed by atoms with Crippen molar-refractivity contribution in [2.24, 2.45) is 0 Å². The van der Waals surface area contributed by atoms with E-state index >= 15 is 0 Å². The molecule has 4 aromatic carbocycles. The molecular formula is C46H50O11S5. The number of hydrogen-bond donors (Lipinski definition) is 5. The molecule has 16 heteroatoms. The van der Waals surface area contributed by atoms with Gasteiger partial charge in [0.15, 0.2) is 0 Å². The van der Waals surface area contributed by atoms with Gasteiger partial charge >= 0.3 is 29.8 Å². The van der Waals surface area contributed by atoms with E-state index in [1.807, 2.05) is 43.3 Å². The van der Waals surface area contributed by atoms with Crippen molar-refractivity contribution in [2.45, 2.75) is 69.1 Å². The highest BCUT2D eigenvalue weighted by Gasteiger charge is 2.53. The Kier molecular flexibility index (Phi) is 19.3. The third kappa shape index (κ3) is 13.6. The third-order valence-corrected chi connectivity index (χ3v) is 11.0. The van der Waals surface area contributed by atoms with E-state index in [0.717, 1.165) is 11.1 Å². The summed E-state index contributed by atoms with van der Waals surface area (Å²) in [6.07, 6.45) is 1.03. The van der Waals surface area contributed by atoms with Crippen molar-refractivity contribution < 1.29 is 52.4 Å². The van der Waals surface area contributed by atoms with Gasteiger partial charge in [0.2, 0.25) is 0 Å². The number of thiol groups is 5. The van der Waals surface area contributed by atoms with Gasteiger partial charge in [-0.05, 0) is 101 Å². The Hall–Kier alpha value is -4.22. The molecule has 0 amide bonds. The van der Waals surface area contributed by atoms with Gasteiger partial charge in [-0.25, -0.2) is 0 Å². The number of carbonyl (C=O) groups is 5. The van der Waals surface area contributed by atoms with Gasteiger partial charge in [-0.2, -0.15) is 63.1 Å². The molecule has 0 radical (unpaired) electrons. The van der Waals surface area contributed by atoms with Crippen molar-refractivity contribution in [1.82, 2.24) is 0 Å². The van der Waals surface area contributed by atoms with Crippen LogP contribution in [0.25, 0.3) is 0 Å². The molecule has 0 heterocycles. The molecule has 0 N–H and O–H groups in total. The first kappa shape index (κ1) is 48.8. The molecule has 11 nitrogen and oxygen atoms in total. The number of rotatable bonds is 22. The summed E-state index contributed by atoms with van der Waals surface area (Å²) < 4.78 is 34.6. The Balaban J connectivity index is 1.75. The summed E-state index contributed by atoms with van der Waals surface area (Å²) in [4.78, 5) is 63.9. The Bertz CT molecular complexity index is 1990. The minimum absolute atomic E-state index is 0.0471. The molecule has 1 aliphatic carbocycles. The van der Waals surface area contributed by atoms with Gasteiger partial charge < -0.3 is 28.4 Å². The fraction of sp³-hybridized carbons (Fsp3) is 0.370. The van der Waals surface area contributed by atoms with Crippen LogP contribution in [0.2, 0.25) is 0 Å². The van der Waals surface area contributed by atoms with Crippen molar-refractivity contribution in [3.05, 3.63) is 107 Å². The molecule has 62 heavy (non-hydrogen) atoms. The smallest absolute Gasteiger partial charge is 0.312 e. The van der Waals surface area contributed by atoms with Crippen molar-refractivity contribution in [1.29, 1.82) is 0 Å². The van der Waals surface area contributed by atoms with E-state index in [1.165, 1.54) is 12.1 Å². The van der Waals surface area contributed by atoms with E-state index in [9.17, 15) is 24.0 Å². The van der Waals surface area contributed by atoms with Crippen molar-refractivity contribution in [3.63, 3.8) is 0 Å². The third-order valence-electron chi connectivity index (χ3n) is 9.89. The predicted molar refractivity (Wildman–Crippen MR) is 253 cm³/mol. The number of benzene rings is 4. The van der Waals surface area contributed by atoms with Crippen LogP contribution in [0.1, 0.15) is 91.4 Å². The van der Waals surface area contributed by atoms with Gasteiger partial charge in [0.05, 0.1) is 32.3 Å². The molecule has 1 aliphatic rings. The molecule has 330 valence electrons. The van der Waals surface area contributed by atoms with Crippen LogP contribution in [0.3, 0.4) is 0 Å². The molecule has 4 unspecified atom stereocenters. The van der Waals surface area contributed by atoms with Crippen LogP contribution in [0.4, 0.5) is 0 Å². The average Bonchev–Trinajstić information content (AvgIpc) is 3.21. The van der Waals surface area contributed by atoms with Crippen LogP contribution in [0.15, 0.2) is 84.9 Å². The molecule has 4 aromatic rings. The van der Waals surface area contributed by atoms with Gasteiger partial charge in [-0.15, -0.1) is 0 Å². The molecule has 0 aromatic heterocycles. The molecule has 0 saturated heterocycles. The topological polar surface area (TPSA) is 141 Å². The second-order valence-corrected chi connectivity index (χ2v) is 16.5. The van der Waals surface area contributed by atoms with E-state index in [4.69, 9.17) is 28.4 Å². The summed E-state index contributed by atoms with van der Waals surface area (Å²) in [6.45, 7) is 2.28. The summed E-state index contributed by atoms with van der Waals surface area (Å²) in [5, 5.41) is 0. The zero-order valence-corrected chi connectivity index (χ0v) is 38.6. The first-order valence-corrected chi connectivity index (χ1v) is 23.4. The number of hydrogen-bond acceptors (Lipinski definition) is 16. The molecule has 5 rings (SSSR count). The quantitative estimate of drug-likeness (QED) is 0.0293. The lowest BCUT2D eigenvalue weighted by molar-refractivity contribution is -0.135. The predicted octanol–water partition coefficient (Wildman–Crippen LogP) is 9.05. The SMILES string of the molecule is CCCC(=O)Oc1cc(OC(=O)CCS)cc(C2C(c3ccc(OCCS)cc3)C(c3cc(OC(=O)CCS)cc(OC(=O)CCS)c3)C2c2ccc(OC(=O)CCS)cc2)c1. The highest BCUT2D eigenvalue weighted by Crippen LogP contribution is 2.67. The highest BCUT2D eigenvalue weighted by atomic mass is 32.1. The molecule has 4 atom stereocenters. The van der Waals surface area contributed by atoms with E-state index in [2.05, 4.69) is 63.1 Å². The largest absolute Gasteiger partial charge is 0.493 e. The maximum Gasteiger partial charge on any atom is 0.312 e. The summed E-state index contributed by atoms with van der Waals surface area (Å²) in [5.41, 5.74) is 3.13. The summed E-state index contributed by atoms with van der Waals surface area (Å²) in [5.74, 6) is -0.514. The van der Waals surface area contributed by atoms with Gasteiger partial charge in [0.25, 0.3) is 0 Å². The van der Waals surface area contributed by atoms with Crippen molar-refractivity contribution in [3.8, 4) is 34.5 Å². The van der Waals surface area contributed by atoms with Gasteiger partial charge in [-0.3, -0.25) is 24.0 Å². The standard InChI is InChI=1S/C46H50O11S5/c1-2-3-38(47)54-34-22-30(23-35(26-34)55-40(49)13-18-59)45-43(28-4-8-32(9-5-28)52-16-21-62)46(44(45)29-6-10-33(11-7-29)53-39(48)12-17-58)31-24-36(56-41(50)14-19-60)27-37(25-31)57-42(51)15-20-61/h4-11,22-27,43-46,58-62H,2-3,12-21H2,1H3. The average molecular weight is 939 g/mol. The normalized spacial score (nSPS) is 16.7. The van der Waals surface area contributed by atoms with Crippen LogP contribution >= 0.6 is 63.1 Å². The van der Waals surface area contributed by atoms with Crippen LogP contribution < -0.4 is 28.4 Å². The van der Waals surface area contributed by atoms with Gasteiger partial charge in [0.1, 0.15) is 34.5 Å². The Morgan fingerprint density at radius 2 is 0.694 bits per heavy atom. The lowest BCUT2D eigenvalue weighted by Gasteiger charge is -2.54. The molecule has 0 bridgehead atoms. The van der Waals surface area contributed by atoms with Crippen LogP contribution in [-0.4, -0.2) is 65.2 Å². The maximum absolute atomic E-state index is 12.9. The number of ether oxygens (including phenoxy) is 6. The van der Waals surface area contributed by atoms with E-state index in [0.29, 0.717) is 47.2 Å². The van der Waals surface area contributed by atoms with Crippen molar-refractivity contribution in [2.75, 3.05) is 35.4 Å². The minimum Gasteiger partial charge on any atom is -0.493 e. The Morgan fingerprint density at radius 1 is 0.387 bits per heavy atom.